The van der Waals surface area contributed by atoms with Gasteiger partial charge in [0.2, 0.25) is 0 Å². The normalized spacial score (nSPS) is 17.6. The second-order valence-corrected chi connectivity index (χ2v) is 8.29. The number of hydrogen-bond acceptors (Lipinski definition) is 5. The minimum absolute atomic E-state index is 0.0506. The molecule has 0 saturated carbocycles. The van der Waals surface area contributed by atoms with Gasteiger partial charge in [0, 0.05) is 46.9 Å². The molecular formula is C26H25N3OS2. The van der Waals surface area contributed by atoms with Gasteiger partial charge in [0.05, 0.1) is 17.5 Å². The van der Waals surface area contributed by atoms with E-state index in [1.807, 2.05) is 60.7 Å². The van der Waals surface area contributed by atoms with E-state index in [1.165, 1.54) is 0 Å². The molecule has 0 aromatic heterocycles. The Labute approximate surface area is 199 Å². The lowest BCUT2D eigenvalue weighted by atomic mass is 9.85. The Hall–Kier alpha value is -2.83. The third-order valence-corrected chi connectivity index (χ3v) is 5.65. The summed E-state index contributed by atoms with van der Waals surface area (Å²) in [5.74, 6) is 1.26. The van der Waals surface area contributed by atoms with Crippen LogP contribution in [0.1, 0.15) is 27.0 Å². The Morgan fingerprint density at radius 1 is 0.875 bits per heavy atom. The molecule has 2 aliphatic carbocycles. The van der Waals surface area contributed by atoms with E-state index in [0.717, 1.165) is 33.7 Å². The lowest BCUT2D eigenvalue weighted by Gasteiger charge is -2.22. The molecule has 4 rings (SSSR count). The monoisotopic (exact) mass is 459 g/mol. The van der Waals surface area contributed by atoms with Crippen LogP contribution in [0.15, 0.2) is 88.9 Å². The highest BCUT2D eigenvalue weighted by Crippen LogP contribution is 2.29. The third-order valence-electron chi connectivity index (χ3n) is 5.25. The Bertz CT molecular complexity index is 1130. The van der Waals surface area contributed by atoms with Gasteiger partial charge in [-0.15, -0.1) is 0 Å². The molecule has 0 saturated heterocycles. The van der Waals surface area contributed by atoms with Crippen molar-refractivity contribution < 1.29 is 4.79 Å². The predicted molar refractivity (Wildman–Crippen MR) is 141 cm³/mol. The molecule has 6 heteroatoms. The Balaban J connectivity index is 1.69. The first kappa shape index (κ1) is 22.4. The number of allylic oxidation sites excluding steroid dienone is 4. The highest BCUT2D eigenvalue weighted by molar-refractivity contribution is 7.80. The first-order valence-corrected chi connectivity index (χ1v) is 11.9. The van der Waals surface area contributed by atoms with E-state index in [2.05, 4.69) is 48.8 Å². The number of fused-ring (bicyclic) bond motifs is 1. The fourth-order valence-electron chi connectivity index (χ4n) is 3.76. The number of carbonyl (C=O) groups excluding carboxylic acids is 1. The Morgan fingerprint density at radius 3 is 2.22 bits per heavy atom. The van der Waals surface area contributed by atoms with Gasteiger partial charge in [-0.1, -0.05) is 60.7 Å². The second-order valence-electron chi connectivity index (χ2n) is 7.39. The van der Waals surface area contributed by atoms with Crippen LogP contribution in [-0.2, 0) is 0 Å². The fraction of sp³-hybridized carbons (Fsp3) is 0.192. The zero-order valence-electron chi connectivity index (χ0n) is 17.6. The molecule has 2 aromatic carbocycles. The van der Waals surface area contributed by atoms with Crippen molar-refractivity contribution in [2.75, 3.05) is 24.6 Å². The molecule has 0 heterocycles. The summed E-state index contributed by atoms with van der Waals surface area (Å²) in [5.41, 5.74) is 6.60. The molecule has 2 aromatic rings. The summed E-state index contributed by atoms with van der Waals surface area (Å²) in [6, 6.07) is 15.8. The Kier molecular flexibility index (Phi) is 7.45. The van der Waals surface area contributed by atoms with Crippen LogP contribution in [0, 0.1) is 0 Å². The average molecular weight is 460 g/mol. The van der Waals surface area contributed by atoms with Gasteiger partial charge in [-0.25, -0.2) is 0 Å². The fourth-order valence-corrected chi connectivity index (χ4v) is 3.96. The zero-order valence-corrected chi connectivity index (χ0v) is 19.4. The van der Waals surface area contributed by atoms with Gasteiger partial charge < -0.3 is 5.32 Å². The first-order chi connectivity index (χ1) is 15.7. The van der Waals surface area contributed by atoms with E-state index >= 15 is 0 Å². The van der Waals surface area contributed by atoms with E-state index in [0.29, 0.717) is 30.2 Å². The summed E-state index contributed by atoms with van der Waals surface area (Å²) in [5, 5.41) is 2.99. The largest absolute Gasteiger partial charge is 0.342 e. The molecule has 1 N–H and O–H groups in total. The summed E-state index contributed by atoms with van der Waals surface area (Å²) >= 11 is 8.65. The molecule has 32 heavy (non-hydrogen) atoms. The number of thiol groups is 2. The van der Waals surface area contributed by atoms with Gasteiger partial charge in [-0.2, -0.15) is 25.3 Å². The molecule has 0 bridgehead atoms. The lowest BCUT2D eigenvalue weighted by molar-refractivity contribution is 0.0950. The molecule has 0 unspecified atom stereocenters. The third kappa shape index (κ3) is 4.97. The summed E-state index contributed by atoms with van der Waals surface area (Å²) in [6.45, 7) is 1.26. The van der Waals surface area contributed by atoms with Crippen LogP contribution < -0.4 is 5.32 Å². The van der Waals surface area contributed by atoms with Crippen molar-refractivity contribution in [3.8, 4) is 0 Å². The van der Waals surface area contributed by atoms with E-state index in [1.54, 1.807) is 0 Å². The highest BCUT2D eigenvalue weighted by atomic mass is 32.1. The van der Waals surface area contributed by atoms with Crippen molar-refractivity contribution in [2.24, 2.45) is 9.98 Å². The topological polar surface area (TPSA) is 53.8 Å². The summed E-state index contributed by atoms with van der Waals surface area (Å²) < 4.78 is 0. The van der Waals surface area contributed by atoms with E-state index in [-0.39, 0.29) is 11.9 Å². The number of nitrogens with zero attached hydrogens (tertiary/aromatic N) is 2. The number of nitrogens with one attached hydrogen (secondary N) is 1. The minimum atomic E-state index is -0.0966. The average Bonchev–Trinajstić information content (AvgIpc) is 3.34. The maximum Gasteiger partial charge on any atom is 0.251 e. The van der Waals surface area contributed by atoms with E-state index < -0.39 is 0 Å². The molecule has 0 radical (unpaired) electrons. The smallest absolute Gasteiger partial charge is 0.251 e. The van der Waals surface area contributed by atoms with Gasteiger partial charge in [0.1, 0.15) is 0 Å². The maximum atomic E-state index is 12.6. The summed E-state index contributed by atoms with van der Waals surface area (Å²) in [6.07, 6.45) is 9.85. The number of hydrogen-bond donors (Lipinski definition) is 3. The van der Waals surface area contributed by atoms with Crippen LogP contribution in [0.5, 0.6) is 0 Å². The van der Waals surface area contributed by atoms with Crippen molar-refractivity contribution in [1.82, 2.24) is 5.32 Å². The van der Waals surface area contributed by atoms with E-state index in [9.17, 15) is 4.79 Å². The number of carbonyl (C=O) groups is 1. The highest BCUT2D eigenvalue weighted by Gasteiger charge is 2.23. The maximum absolute atomic E-state index is 12.6. The quantitative estimate of drug-likeness (QED) is 0.527. The molecule has 0 spiro atoms. The summed E-state index contributed by atoms with van der Waals surface area (Å²) in [7, 11) is 0. The van der Waals surface area contributed by atoms with E-state index in [4.69, 9.17) is 9.98 Å². The van der Waals surface area contributed by atoms with Gasteiger partial charge >= 0.3 is 0 Å². The van der Waals surface area contributed by atoms with Gasteiger partial charge in [0.15, 0.2) is 0 Å². The number of rotatable bonds is 7. The molecule has 1 amide bonds. The molecule has 0 aliphatic heterocycles. The minimum Gasteiger partial charge on any atom is -0.342 e. The van der Waals surface area contributed by atoms with Crippen LogP contribution in [0.3, 0.4) is 0 Å². The Morgan fingerprint density at radius 2 is 1.53 bits per heavy atom. The second kappa shape index (κ2) is 10.7. The molecule has 4 nitrogen and oxygen atoms in total. The lowest BCUT2D eigenvalue weighted by Crippen LogP contribution is -2.31. The molecule has 0 atom stereocenters. The zero-order chi connectivity index (χ0) is 22.3. The number of amides is 1. The van der Waals surface area contributed by atoms with Crippen LogP contribution in [-0.4, -0.2) is 48.0 Å². The molecule has 2 aliphatic rings. The van der Waals surface area contributed by atoms with Crippen molar-refractivity contribution in [1.29, 1.82) is 0 Å². The van der Waals surface area contributed by atoms with Crippen LogP contribution in [0.25, 0.3) is 5.57 Å². The van der Waals surface area contributed by atoms with Gasteiger partial charge in [0.25, 0.3) is 5.91 Å². The van der Waals surface area contributed by atoms with Crippen LogP contribution in [0.4, 0.5) is 0 Å². The number of benzene rings is 2. The van der Waals surface area contributed by atoms with Gasteiger partial charge in [-0.3, -0.25) is 14.8 Å². The first-order valence-electron chi connectivity index (χ1n) is 10.6. The van der Waals surface area contributed by atoms with Crippen LogP contribution >= 0.6 is 25.3 Å². The van der Waals surface area contributed by atoms with Crippen LogP contribution in [0.2, 0.25) is 0 Å². The number of aliphatic imine (C=N–C) groups is 2. The van der Waals surface area contributed by atoms with Crippen molar-refractivity contribution in [2.45, 2.75) is 6.04 Å². The summed E-state index contributed by atoms with van der Waals surface area (Å²) in [4.78, 5) is 22.2. The molecule has 0 fully saturated rings. The standard InChI is InChI=1S/C26H25N3OS2/c30-26(29-20-5-1-2-6-20)19-11-9-18(10-12-19)23-17-24(27-13-15-31)21-7-3-4-8-22(21)25(23)28-14-16-32/h1-12,17,20,31-32H,13-16H2,(H,29,30). The molecule has 162 valence electrons. The molecular weight excluding hydrogens is 434 g/mol. The van der Waals surface area contributed by atoms with Crippen molar-refractivity contribution >= 4 is 48.2 Å². The van der Waals surface area contributed by atoms with Gasteiger partial charge in [-0.05, 0) is 23.8 Å². The van der Waals surface area contributed by atoms with Crippen molar-refractivity contribution in [3.05, 3.63) is 101 Å². The predicted octanol–water partition coefficient (Wildman–Crippen LogP) is 4.45. The SMILES string of the molecule is O=C(NC1C=CC=C1)c1ccc(C2=CC(=NCCS)c3ccccc3C2=NCCS)cc1. The van der Waals surface area contributed by atoms with Crippen molar-refractivity contribution in [3.63, 3.8) is 0 Å².